The van der Waals surface area contributed by atoms with Crippen molar-refractivity contribution >= 4 is 35.3 Å². The van der Waals surface area contributed by atoms with Crippen LogP contribution in [-0.4, -0.2) is 25.1 Å². The van der Waals surface area contributed by atoms with Crippen LogP contribution in [0.5, 0.6) is 5.75 Å². The molecule has 2 amide bonds. The van der Waals surface area contributed by atoms with Gasteiger partial charge in [-0.15, -0.1) is 0 Å². The second-order valence-electron chi connectivity index (χ2n) is 4.56. The topological polar surface area (TPSA) is 79.8 Å². The monoisotopic (exact) mass is 349 g/mol. The molecular weight excluding hydrogens is 337 g/mol. The molecule has 0 heterocycles. The molecule has 2 rings (SSSR count). The van der Waals surface area contributed by atoms with Crippen LogP contribution in [0.2, 0.25) is 5.02 Å². The van der Waals surface area contributed by atoms with Gasteiger partial charge in [0.2, 0.25) is 0 Å². The maximum Gasteiger partial charge on any atom is 0.329 e. The number of benzene rings is 2. The number of anilines is 1. The van der Waals surface area contributed by atoms with Crippen molar-refractivity contribution in [2.75, 3.05) is 12.4 Å². The number of methoxy groups -OCH3 is 1. The van der Waals surface area contributed by atoms with Crippen LogP contribution in [0.3, 0.4) is 0 Å². The number of carbonyl (C=O) groups excluding carboxylic acids is 2. The van der Waals surface area contributed by atoms with Crippen LogP contribution in [-0.2, 0) is 9.59 Å². The second-order valence-corrected chi connectivity index (χ2v) is 4.96. The van der Waals surface area contributed by atoms with Crippen LogP contribution in [0.25, 0.3) is 0 Å². The molecule has 2 N–H and O–H groups in total. The van der Waals surface area contributed by atoms with Crippen LogP contribution in [0.15, 0.2) is 47.6 Å². The van der Waals surface area contributed by atoms with Crippen LogP contribution in [0.4, 0.5) is 10.1 Å². The van der Waals surface area contributed by atoms with Gasteiger partial charge >= 0.3 is 11.8 Å². The smallest absolute Gasteiger partial charge is 0.329 e. The summed E-state index contributed by atoms with van der Waals surface area (Å²) in [4.78, 5) is 23.3. The van der Waals surface area contributed by atoms with E-state index < -0.39 is 17.6 Å². The minimum atomic E-state index is -0.972. The van der Waals surface area contributed by atoms with Gasteiger partial charge in [0.15, 0.2) is 0 Å². The summed E-state index contributed by atoms with van der Waals surface area (Å²) in [7, 11) is 1.55. The third-order valence-corrected chi connectivity index (χ3v) is 3.17. The predicted molar refractivity (Wildman–Crippen MR) is 88.8 cm³/mol. The molecule has 0 unspecified atom stereocenters. The summed E-state index contributed by atoms with van der Waals surface area (Å²) in [6, 6.07) is 10.5. The summed E-state index contributed by atoms with van der Waals surface area (Å²) in [5, 5.41) is 5.80. The van der Waals surface area contributed by atoms with Gasteiger partial charge in [-0.3, -0.25) is 9.59 Å². The average Bonchev–Trinajstić information content (AvgIpc) is 2.58. The molecule has 0 aliphatic rings. The van der Waals surface area contributed by atoms with Gasteiger partial charge in [-0.05, 0) is 48.0 Å². The Balaban J connectivity index is 1.89. The molecular formula is C16H13ClFN3O3. The van der Waals surface area contributed by atoms with Gasteiger partial charge in [-0.25, -0.2) is 9.82 Å². The minimum Gasteiger partial charge on any atom is -0.497 e. The van der Waals surface area contributed by atoms with Gasteiger partial charge in [-0.2, -0.15) is 5.10 Å². The first-order valence-electron chi connectivity index (χ1n) is 6.73. The lowest BCUT2D eigenvalue weighted by molar-refractivity contribution is -0.136. The highest BCUT2D eigenvalue weighted by atomic mass is 35.5. The Bertz CT molecular complexity index is 779. The van der Waals surface area contributed by atoms with E-state index in [1.54, 1.807) is 31.4 Å². The SMILES string of the molecule is COc1ccc(C=NNC(=O)C(=O)Nc2ccc(F)c(Cl)c2)cc1. The maximum absolute atomic E-state index is 13.0. The molecule has 0 aliphatic carbocycles. The van der Waals surface area contributed by atoms with E-state index in [1.165, 1.54) is 18.3 Å². The number of hydrazone groups is 1. The molecule has 24 heavy (non-hydrogen) atoms. The van der Waals surface area contributed by atoms with Crippen molar-refractivity contribution in [3.05, 3.63) is 58.9 Å². The first-order valence-corrected chi connectivity index (χ1v) is 7.11. The van der Waals surface area contributed by atoms with Crippen molar-refractivity contribution in [2.45, 2.75) is 0 Å². The summed E-state index contributed by atoms with van der Waals surface area (Å²) in [6.45, 7) is 0. The maximum atomic E-state index is 13.0. The van der Waals surface area contributed by atoms with E-state index in [-0.39, 0.29) is 10.7 Å². The number of hydrogen-bond acceptors (Lipinski definition) is 4. The van der Waals surface area contributed by atoms with E-state index in [0.717, 1.165) is 6.07 Å². The molecule has 0 aromatic heterocycles. The number of carbonyl (C=O) groups is 2. The molecule has 6 nitrogen and oxygen atoms in total. The van der Waals surface area contributed by atoms with Gasteiger partial charge in [0, 0.05) is 5.69 Å². The summed E-state index contributed by atoms with van der Waals surface area (Å²) in [5.41, 5.74) is 2.99. The summed E-state index contributed by atoms with van der Waals surface area (Å²) < 4.78 is 18.0. The number of rotatable bonds is 4. The highest BCUT2D eigenvalue weighted by Gasteiger charge is 2.13. The Hall–Kier alpha value is -2.93. The minimum absolute atomic E-state index is 0.161. The number of nitrogens with zero attached hydrogens (tertiary/aromatic N) is 1. The molecule has 0 radical (unpaired) electrons. The van der Waals surface area contributed by atoms with E-state index in [4.69, 9.17) is 16.3 Å². The van der Waals surface area contributed by atoms with E-state index in [9.17, 15) is 14.0 Å². The van der Waals surface area contributed by atoms with Crippen molar-refractivity contribution in [1.29, 1.82) is 0 Å². The molecule has 2 aromatic carbocycles. The van der Waals surface area contributed by atoms with Crippen LogP contribution in [0.1, 0.15) is 5.56 Å². The lowest BCUT2D eigenvalue weighted by atomic mass is 10.2. The summed E-state index contributed by atoms with van der Waals surface area (Å²) >= 11 is 5.59. The Morgan fingerprint density at radius 2 is 1.88 bits per heavy atom. The number of nitrogens with one attached hydrogen (secondary N) is 2. The number of halogens is 2. The molecule has 0 saturated heterocycles. The van der Waals surface area contributed by atoms with Crippen LogP contribution >= 0.6 is 11.6 Å². The molecule has 0 bridgehead atoms. The molecule has 0 spiro atoms. The largest absolute Gasteiger partial charge is 0.497 e. The molecule has 0 aliphatic heterocycles. The van der Waals surface area contributed by atoms with Gasteiger partial charge in [0.1, 0.15) is 11.6 Å². The molecule has 0 atom stereocenters. The normalized spacial score (nSPS) is 10.5. The number of amides is 2. The third-order valence-electron chi connectivity index (χ3n) is 2.88. The molecule has 2 aromatic rings. The van der Waals surface area contributed by atoms with Gasteiger partial charge in [0.25, 0.3) is 0 Å². The van der Waals surface area contributed by atoms with Gasteiger partial charge in [-0.1, -0.05) is 11.6 Å². The van der Waals surface area contributed by atoms with Crippen molar-refractivity contribution < 1.29 is 18.7 Å². The highest BCUT2D eigenvalue weighted by molar-refractivity contribution is 6.39. The Morgan fingerprint density at radius 3 is 2.50 bits per heavy atom. The first-order chi connectivity index (χ1) is 11.5. The zero-order chi connectivity index (χ0) is 17.5. The van der Waals surface area contributed by atoms with Crippen molar-refractivity contribution in [3.63, 3.8) is 0 Å². The Labute approximate surface area is 142 Å². The predicted octanol–water partition coefficient (Wildman–Crippen LogP) is 2.58. The number of hydrogen-bond donors (Lipinski definition) is 2. The Kier molecular flexibility index (Phi) is 5.86. The molecule has 124 valence electrons. The average molecular weight is 350 g/mol. The zero-order valence-electron chi connectivity index (χ0n) is 12.5. The highest BCUT2D eigenvalue weighted by Crippen LogP contribution is 2.19. The van der Waals surface area contributed by atoms with E-state index in [0.29, 0.717) is 11.3 Å². The fourth-order valence-electron chi connectivity index (χ4n) is 1.67. The van der Waals surface area contributed by atoms with E-state index in [2.05, 4.69) is 15.8 Å². The fraction of sp³-hybridized carbons (Fsp3) is 0.0625. The molecule has 0 saturated carbocycles. The van der Waals surface area contributed by atoms with E-state index in [1.807, 2.05) is 0 Å². The van der Waals surface area contributed by atoms with E-state index >= 15 is 0 Å². The van der Waals surface area contributed by atoms with Crippen molar-refractivity contribution in [2.24, 2.45) is 5.10 Å². The number of ether oxygens (including phenoxy) is 1. The van der Waals surface area contributed by atoms with Crippen LogP contribution in [0, 0.1) is 5.82 Å². The molecule has 8 heteroatoms. The lowest BCUT2D eigenvalue weighted by Gasteiger charge is -2.04. The summed E-state index contributed by atoms with van der Waals surface area (Å²) in [6.07, 6.45) is 1.37. The fourth-order valence-corrected chi connectivity index (χ4v) is 1.85. The third kappa shape index (κ3) is 4.79. The van der Waals surface area contributed by atoms with Gasteiger partial charge in [0.05, 0.1) is 18.3 Å². The Morgan fingerprint density at radius 1 is 1.17 bits per heavy atom. The second kappa shape index (κ2) is 8.07. The first kappa shape index (κ1) is 17.4. The van der Waals surface area contributed by atoms with Crippen molar-refractivity contribution in [3.8, 4) is 5.75 Å². The quantitative estimate of drug-likeness (QED) is 0.506. The van der Waals surface area contributed by atoms with Crippen LogP contribution < -0.4 is 15.5 Å². The molecule has 0 fully saturated rings. The zero-order valence-corrected chi connectivity index (χ0v) is 13.3. The lowest BCUT2D eigenvalue weighted by Crippen LogP contribution is -2.32. The van der Waals surface area contributed by atoms with Crippen molar-refractivity contribution in [1.82, 2.24) is 5.43 Å². The van der Waals surface area contributed by atoms with Gasteiger partial charge < -0.3 is 10.1 Å². The standard InChI is InChI=1S/C16H13ClFN3O3/c1-24-12-5-2-10(3-6-12)9-19-21-16(23)15(22)20-11-4-7-14(18)13(17)8-11/h2-9H,1H3,(H,20,22)(H,21,23). The summed E-state index contributed by atoms with van der Waals surface area (Å²) in [5.74, 6) is -1.86.